The fourth-order valence-electron chi connectivity index (χ4n) is 2.94. The fraction of sp³-hybridized carbons (Fsp3) is 0.533. The molecule has 3 rings (SSSR count). The summed E-state index contributed by atoms with van der Waals surface area (Å²) in [4.78, 5) is 0.317. The number of sulfonamides is 1. The molecule has 2 heterocycles. The third-order valence-corrected chi connectivity index (χ3v) is 5.98. The van der Waals surface area contributed by atoms with Crippen LogP contribution in [0.25, 0.3) is 10.9 Å². The monoisotopic (exact) mass is 322 g/mol. The second-order valence-electron chi connectivity index (χ2n) is 6.17. The summed E-state index contributed by atoms with van der Waals surface area (Å²) in [6.07, 6.45) is 3.41. The molecule has 1 aliphatic rings. The summed E-state index contributed by atoms with van der Waals surface area (Å²) in [5.74, 6) is 0. The molecule has 1 atom stereocenters. The molecule has 1 saturated heterocycles. The summed E-state index contributed by atoms with van der Waals surface area (Å²) in [6, 6.07) is 5.37. The van der Waals surface area contributed by atoms with Crippen LogP contribution in [0.3, 0.4) is 0 Å². The maximum absolute atomic E-state index is 12.8. The second kappa shape index (κ2) is 5.64. The Hall–Kier alpha value is -1.44. The first-order valence-electron chi connectivity index (χ1n) is 7.62. The van der Waals surface area contributed by atoms with Crippen LogP contribution in [0, 0.1) is 0 Å². The van der Waals surface area contributed by atoms with E-state index in [1.807, 2.05) is 24.6 Å². The summed E-state index contributed by atoms with van der Waals surface area (Å²) in [7, 11) is -3.48. The topological polar surface area (TPSA) is 81.2 Å². The van der Waals surface area contributed by atoms with E-state index in [-0.39, 0.29) is 12.1 Å². The van der Waals surface area contributed by atoms with Crippen LogP contribution in [0.2, 0.25) is 0 Å². The SMILES string of the molecule is CC(C)n1ncc2cc(S(=O)(=O)N3CCCC(N)C3)ccc21. The lowest BCUT2D eigenvalue weighted by Crippen LogP contribution is -2.45. The van der Waals surface area contributed by atoms with Gasteiger partial charge in [0.2, 0.25) is 10.0 Å². The van der Waals surface area contributed by atoms with Crippen LogP contribution >= 0.6 is 0 Å². The summed E-state index contributed by atoms with van der Waals surface area (Å²) in [6.45, 7) is 5.03. The van der Waals surface area contributed by atoms with E-state index in [2.05, 4.69) is 5.10 Å². The van der Waals surface area contributed by atoms with Crippen LogP contribution in [0.1, 0.15) is 32.7 Å². The minimum Gasteiger partial charge on any atom is -0.327 e. The molecule has 0 spiro atoms. The molecule has 1 unspecified atom stereocenters. The van der Waals surface area contributed by atoms with Crippen molar-refractivity contribution < 1.29 is 8.42 Å². The largest absolute Gasteiger partial charge is 0.327 e. The highest BCUT2D eigenvalue weighted by atomic mass is 32.2. The molecule has 120 valence electrons. The summed E-state index contributed by atoms with van der Waals surface area (Å²) in [5, 5.41) is 5.17. The van der Waals surface area contributed by atoms with Crippen molar-refractivity contribution in [3.05, 3.63) is 24.4 Å². The molecule has 1 aromatic carbocycles. The van der Waals surface area contributed by atoms with Gasteiger partial charge in [0.15, 0.2) is 0 Å². The molecule has 0 radical (unpaired) electrons. The molecule has 1 aliphatic heterocycles. The number of benzene rings is 1. The number of nitrogens with two attached hydrogens (primary N) is 1. The first-order chi connectivity index (χ1) is 10.4. The van der Waals surface area contributed by atoms with Crippen molar-refractivity contribution >= 4 is 20.9 Å². The molecular formula is C15H22N4O2S. The van der Waals surface area contributed by atoms with E-state index in [0.29, 0.717) is 18.0 Å². The zero-order chi connectivity index (χ0) is 15.9. The predicted octanol–water partition coefficient (Wildman–Crippen LogP) is 1.73. The van der Waals surface area contributed by atoms with E-state index in [9.17, 15) is 8.42 Å². The van der Waals surface area contributed by atoms with Crippen molar-refractivity contribution in [3.63, 3.8) is 0 Å². The highest BCUT2D eigenvalue weighted by molar-refractivity contribution is 7.89. The molecule has 7 heteroatoms. The lowest BCUT2D eigenvalue weighted by atomic mass is 10.1. The Labute approximate surface area is 130 Å². The Morgan fingerprint density at radius 3 is 2.82 bits per heavy atom. The Morgan fingerprint density at radius 2 is 2.14 bits per heavy atom. The fourth-order valence-corrected chi connectivity index (χ4v) is 4.52. The number of hydrogen-bond donors (Lipinski definition) is 1. The van der Waals surface area contributed by atoms with E-state index in [0.717, 1.165) is 23.7 Å². The van der Waals surface area contributed by atoms with E-state index in [4.69, 9.17) is 5.73 Å². The number of nitrogens with zero attached hydrogens (tertiary/aromatic N) is 3. The van der Waals surface area contributed by atoms with Gasteiger partial charge >= 0.3 is 0 Å². The van der Waals surface area contributed by atoms with E-state index in [1.165, 1.54) is 4.31 Å². The molecule has 22 heavy (non-hydrogen) atoms. The van der Waals surface area contributed by atoms with E-state index >= 15 is 0 Å². The Morgan fingerprint density at radius 1 is 1.36 bits per heavy atom. The summed E-state index contributed by atoms with van der Waals surface area (Å²) < 4.78 is 28.9. The number of aromatic nitrogens is 2. The van der Waals surface area contributed by atoms with Crippen molar-refractivity contribution in [2.24, 2.45) is 5.73 Å². The quantitative estimate of drug-likeness (QED) is 0.933. The van der Waals surface area contributed by atoms with Crippen molar-refractivity contribution in [1.29, 1.82) is 0 Å². The third-order valence-electron chi connectivity index (χ3n) is 4.11. The average molecular weight is 322 g/mol. The van der Waals surface area contributed by atoms with Gasteiger partial charge in [0.1, 0.15) is 0 Å². The van der Waals surface area contributed by atoms with Gasteiger partial charge < -0.3 is 5.73 Å². The van der Waals surface area contributed by atoms with Crippen molar-refractivity contribution in [2.75, 3.05) is 13.1 Å². The zero-order valence-corrected chi connectivity index (χ0v) is 13.8. The molecule has 0 bridgehead atoms. The molecule has 2 aromatic rings. The maximum Gasteiger partial charge on any atom is 0.243 e. The molecule has 6 nitrogen and oxygen atoms in total. The molecule has 2 N–H and O–H groups in total. The first kappa shape index (κ1) is 15.5. The summed E-state index contributed by atoms with van der Waals surface area (Å²) in [5.41, 5.74) is 6.86. The standard InChI is InChI=1S/C15H22N4O2S/c1-11(2)19-15-6-5-14(8-12(15)9-17-19)22(20,21)18-7-3-4-13(16)10-18/h5-6,8-9,11,13H,3-4,7,10,16H2,1-2H3. The molecular weight excluding hydrogens is 300 g/mol. The van der Waals surface area contributed by atoms with Crippen LogP contribution in [0.5, 0.6) is 0 Å². The normalized spacial score (nSPS) is 20.8. The lowest BCUT2D eigenvalue weighted by molar-refractivity contribution is 0.316. The molecule has 1 fully saturated rings. The van der Waals surface area contributed by atoms with Crippen LogP contribution in [-0.4, -0.2) is 41.6 Å². The van der Waals surface area contributed by atoms with Gasteiger partial charge in [0, 0.05) is 30.6 Å². The number of piperidine rings is 1. The highest BCUT2D eigenvalue weighted by Crippen LogP contribution is 2.25. The maximum atomic E-state index is 12.8. The van der Waals surface area contributed by atoms with Gasteiger partial charge in [-0.1, -0.05) is 0 Å². The van der Waals surface area contributed by atoms with E-state index in [1.54, 1.807) is 18.3 Å². The predicted molar refractivity (Wildman–Crippen MR) is 86.1 cm³/mol. The van der Waals surface area contributed by atoms with Gasteiger partial charge in [0.05, 0.1) is 16.6 Å². The average Bonchev–Trinajstić information content (AvgIpc) is 2.90. The van der Waals surface area contributed by atoms with Gasteiger partial charge in [-0.15, -0.1) is 0 Å². The minimum absolute atomic E-state index is 0.0732. The molecule has 0 aliphatic carbocycles. The second-order valence-corrected chi connectivity index (χ2v) is 8.11. The van der Waals surface area contributed by atoms with Gasteiger partial charge in [-0.2, -0.15) is 9.40 Å². The Balaban J connectivity index is 1.99. The van der Waals surface area contributed by atoms with Crippen LogP contribution < -0.4 is 5.73 Å². The van der Waals surface area contributed by atoms with Crippen LogP contribution in [0.15, 0.2) is 29.3 Å². The molecule has 0 saturated carbocycles. The molecule has 0 amide bonds. The van der Waals surface area contributed by atoms with Gasteiger partial charge in [-0.25, -0.2) is 8.42 Å². The highest BCUT2D eigenvalue weighted by Gasteiger charge is 2.29. The third kappa shape index (κ3) is 2.64. The minimum atomic E-state index is -3.48. The number of fused-ring (bicyclic) bond motifs is 1. The molecule has 1 aromatic heterocycles. The van der Waals surface area contributed by atoms with Crippen molar-refractivity contribution in [2.45, 2.75) is 43.7 Å². The smallest absolute Gasteiger partial charge is 0.243 e. The number of hydrogen-bond acceptors (Lipinski definition) is 4. The number of rotatable bonds is 3. The lowest BCUT2D eigenvalue weighted by Gasteiger charge is -2.29. The zero-order valence-electron chi connectivity index (χ0n) is 12.9. The Bertz CT molecular complexity index is 782. The van der Waals surface area contributed by atoms with E-state index < -0.39 is 10.0 Å². The first-order valence-corrected chi connectivity index (χ1v) is 9.06. The van der Waals surface area contributed by atoms with Crippen LogP contribution in [-0.2, 0) is 10.0 Å². The van der Waals surface area contributed by atoms with Gasteiger partial charge in [0.25, 0.3) is 0 Å². The van der Waals surface area contributed by atoms with Gasteiger partial charge in [-0.05, 0) is 44.9 Å². The Kier molecular flexibility index (Phi) is 3.96. The van der Waals surface area contributed by atoms with Crippen molar-refractivity contribution in [1.82, 2.24) is 14.1 Å². The van der Waals surface area contributed by atoms with Crippen molar-refractivity contribution in [3.8, 4) is 0 Å². The summed E-state index contributed by atoms with van der Waals surface area (Å²) >= 11 is 0. The van der Waals surface area contributed by atoms with Gasteiger partial charge in [-0.3, -0.25) is 4.68 Å². The van der Waals surface area contributed by atoms with Crippen LogP contribution in [0.4, 0.5) is 0 Å².